The first-order chi connectivity index (χ1) is 7.24. The fraction of sp³-hybridized carbons (Fsp3) is 0.900. The van der Waals surface area contributed by atoms with Gasteiger partial charge in [0.05, 0.1) is 18.5 Å². The number of carbonyl (C=O) groups excluding carboxylic acids is 1. The monoisotopic (exact) mass is 233 g/mol. The summed E-state index contributed by atoms with van der Waals surface area (Å²) in [5.74, 6) is 1.69. The molecule has 0 bridgehead atoms. The van der Waals surface area contributed by atoms with Crippen molar-refractivity contribution in [3.05, 3.63) is 0 Å². The predicted molar refractivity (Wildman–Crippen MR) is 60.9 cm³/mol. The van der Waals surface area contributed by atoms with Crippen molar-refractivity contribution in [2.75, 3.05) is 31.8 Å². The molecule has 0 spiro atoms. The Kier molecular flexibility index (Phi) is 6.05. The zero-order valence-corrected chi connectivity index (χ0v) is 9.89. The lowest BCUT2D eigenvalue weighted by atomic mass is 10.2. The molecule has 1 saturated carbocycles. The van der Waals surface area contributed by atoms with Gasteiger partial charge in [-0.05, 0) is 18.8 Å². The Bertz CT molecular complexity index is 197. The van der Waals surface area contributed by atoms with E-state index in [4.69, 9.17) is 4.74 Å². The number of nitrogens with one attached hydrogen (secondary N) is 1. The van der Waals surface area contributed by atoms with Crippen LogP contribution in [0, 0.1) is 5.92 Å². The Morgan fingerprint density at radius 1 is 1.67 bits per heavy atom. The molecule has 15 heavy (non-hydrogen) atoms. The average molecular weight is 233 g/mol. The molecule has 0 heterocycles. The van der Waals surface area contributed by atoms with Crippen molar-refractivity contribution < 1.29 is 14.6 Å². The topological polar surface area (TPSA) is 58.6 Å². The lowest BCUT2D eigenvalue weighted by molar-refractivity contribution is -0.119. The van der Waals surface area contributed by atoms with E-state index in [0.29, 0.717) is 24.8 Å². The van der Waals surface area contributed by atoms with Crippen molar-refractivity contribution in [3.8, 4) is 0 Å². The van der Waals surface area contributed by atoms with Crippen LogP contribution in [-0.4, -0.2) is 48.9 Å². The highest BCUT2D eigenvalue weighted by Crippen LogP contribution is 2.32. The average Bonchev–Trinajstić information content (AvgIpc) is 3.04. The van der Waals surface area contributed by atoms with E-state index in [1.807, 2.05) is 0 Å². The van der Waals surface area contributed by atoms with Gasteiger partial charge in [0.1, 0.15) is 0 Å². The Hall–Kier alpha value is -0.260. The van der Waals surface area contributed by atoms with Crippen LogP contribution in [0.25, 0.3) is 0 Å². The summed E-state index contributed by atoms with van der Waals surface area (Å²) in [5, 5.41) is 12.2. The molecule has 1 aliphatic carbocycles. The van der Waals surface area contributed by atoms with Crippen LogP contribution in [0.4, 0.5) is 0 Å². The number of ether oxygens (including phenoxy) is 1. The fourth-order valence-electron chi connectivity index (χ4n) is 1.22. The normalized spacial score (nSPS) is 17.5. The minimum Gasteiger partial charge on any atom is -0.391 e. The molecule has 1 fully saturated rings. The summed E-state index contributed by atoms with van der Waals surface area (Å²) in [7, 11) is 1.65. The van der Waals surface area contributed by atoms with E-state index in [9.17, 15) is 9.90 Å². The molecule has 5 heteroatoms. The van der Waals surface area contributed by atoms with E-state index in [-0.39, 0.29) is 12.0 Å². The molecule has 1 aliphatic rings. The van der Waals surface area contributed by atoms with Gasteiger partial charge in [-0.2, -0.15) is 0 Å². The second kappa shape index (κ2) is 7.09. The van der Waals surface area contributed by atoms with Gasteiger partial charge in [0.2, 0.25) is 5.91 Å². The van der Waals surface area contributed by atoms with E-state index >= 15 is 0 Å². The number of hydrogen-bond donors (Lipinski definition) is 2. The number of methoxy groups -OCH3 is 1. The van der Waals surface area contributed by atoms with E-state index in [1.54, 1.807) is 18.9 Å². The van der Waals surface area contributed by atoms with Crippen LogP contribution < -0.4 is 5.32 Å². The zero-order chi connectivity index (χ0) is 11.1. The van der Waals surface area contributed by atoms with Crippen LogP contribution >= 0.6 is 11.8 Å². The largest absolute Gasteiger partial charge is 0.391 e. The molecule has 1 atom stereocenters. The molecule has 4 nitrogen and oxygen atoms in total. The predicted octanol–water partition coefficient (Wildman–Crippen LogP) is 0.253. The first-order valence-corrected chi connectivity index (χ1v) is 6.41. The molecular formula is C10H19NO3S. The van der Waals surface area contributed by atoms with E-state index < -0.39 is 0 Å². The molecule has 0 aromatic heterocycles. The van der Waals surface area contributed by atoms with Crippen LogP contribution in [0.1, 0.15) is 12.8 Å². The number of amides is 1. The molecule has 1 unspecified atom stereocenters. The highest BCUT2D eigenvalue weighted by molar-refractivity contribution is 7.99. The molecule has 1 rings (SSSR count). The van der Waals surface area contributed by atoms with Crippen LogP contribution in [0.2, 0.25) is 0 Å². The van der Waals surface area contributed by atoms with Crippen molar-refractivity contribution >= 4 is 17.7 Å². The fourth-order valence-corrected chi connectivity index (χ4v) is 1.94. The standard InChI is InChI=1S/C10H19NO3S/c1-14-4-5-15-7-10(13)11-6-9(12)8-2-3-8/h8-9,12H,2-7H2,1H3,(H,11,13). The third-order valence-electron chi connectivity index (χ3n) is 2.34. The molecule has 2 N–H and O–H groups in total. The molecular weight excluding hydrogens is 214 g/mol. The summed E-state index contributed by atoms with van der Waals surface area (Å²) in [6.45, 7) is 1.07. The second-order valence-electron chi connectivity index (χ2n) is 3.75. The Morgan fingerprint density at radius 3 is 3.00 bits per heavy atom. The molecule has 88 valence electrons. The van der Waals surface area contributed by atoms with Gasteiger partial charge in [-0.25, -0.2) is 0 Å². The molecule has 0 aromatic rings. The molecule has 0 aromatic carbocycles. The number of thioether (sulfide) groups is 1. The van der Waals surface area contributed by atoms with Gasteiger partial charge >= 0.3 is 0 Å². The highest BCUT2D eigenvalue weighted by Gasteiger charge is 2.29. The van der Waals surface area contributed by atoms with Gasteiger partial charge in [0.25, 0.3) is 0 Å². The first kappa shape index (κ1) is 12.8. The number of hydrogen-bond acceptors (Lipinski definition) is 4. The number of carbonyl (C=O) groups is 1. The minimum atomic E-state index is -0.349. The molecule has 0 aliphatic heterocycles. The summed E-state index contributed by atoms with van der Waals surface area (Å²) in [4.78, 5) is 11.3. The van der Waals surface area contributed by atoms with Gasteiger partial charge in [-0.1, -0.05) is 0 Å². The lowest BCUT2D eigenvalue weighted by Crippen LogP contribution is -2.34. The quantitative estimate of drug-likeness (QED) is 0.590. The maximum atomic E-state index is 11.3. The van der Waals surface area contributed by atoms with E-state index in [1.165, 1.54) is 0 Å². The van der Waals surface area contributed by atoms with Gasteiger partial charge in [0.15, 0.2) is 0 Å². The number of aliphatic hydroxyl groups excluding tert-OH is 1. The Morgan fingerprint density at radius 2 is 2.40 bits per heavy atom. The van der Waals surface area contributed by atoms with Gasteiger partial charge in [-0.15, -0.1) is 11.8 Å². The molecule has 1 amide bonds. The molecule has 0 saturated heterocycles. The van der Waals surface area contributed by atoms with Crippen LogP contribution in [-0.2, 0) is 9.53 Å². The number of aliphatic hydroxyl groups is 1. The van der Waals surface area contributed by atoms with Crippen LogP contribution in [0.15, 0.2) is 0 Å². The SMILES string of the molecule is COCCSCC(=O)NCC(O)C1CC1. The van der Waals surface area contributed by atoms with Crippen molar-refractivity contribution in [1.29, 1.82) is 0 Å². The molecule has 0 radical (unpaired) electrons. The third-order valence-corrected chi connectivity index (χ3v) is 3.26. The van der Waals surface area contributed by atoms with Crippen LogP contribution in [0.5, 0.6) is 0 Å². The highest BCUT2D eigenvalue weighted by atomic mass is 32.2. The zero-order valence-electron chi connectivity index (χ0n) is 9.07. The summed E-state index contributed by atoms with van der Waals surface area (Å²) < 4.78 is 4.87. The van der Waals surface area contributed by atoms with E-state index in [0.717, 1.165) is 18.6 Å². The van der Waals surface area contributed by atoms with Crippen molar-refractivity contribution in [2.24, 2.45) is 5.92 Å². The van der Waals surface area contributed by atoms with Crippen LogP contribution in [0.3, 0.4) is 0 Å². The van der Waals surface area contributed by atoms with Crippen molar-refractivity contribution in [1.82, 2.24) is 5.32 Å². The third kappa shape index (κ3) is 6.02. The maximum Gasteiger partial charge on any atom is 0.230 e. The minimum absolute atomic E-state index is 0.00389. The lowest BCUT2D eigenvalue weighted by Gasteiger charge is -2.10. The summed E-state index contributed by atoms with van der Waals surface area (Å²) in [5.41, 5.74) is 0. The summed E-state index contributed by atoms with van der Waals surface area (Å²) >= 11 is 1.54. The van der Waals surface area contributed by atoms with Crippen molar-refractivity contribution in [2.45, 2.75) is 18.9 Å². The Labute approximate surface area is 94.8 Å². The van der Waals surface area contributed by atoms with Crippen molar-refractivity contribution in [3.63, 3.8) is 0 Å². The first-order valence-electron chi connectivity index (χ1n) is 5.25. The smallest absolute Gasteiger partial charge is 0.230 e. The Balaban J connectivity index is 1.93. The maximum absolute atomic E-state index is 11.3. The van der Waals surface area contributed by atoms with E-state index in [2.05, 4.69) is 5.32 Å². The second-order valence-corrected chi connectivity index (χ2v) is 4.86. The number of rotatable bonds is 8. The van der Waals surface area contributed by atoms with Gasteiger partial charge < -0.3 is 15.2 Å². The summed E-state index contributed by atoms with van der Waals surface area (Å²) in [6, 6.07) is 0. The van der Waals surface area contributed by atoms with Gasteiger partial charge in [0, 0.05) is 19.4 Å². The van der Waals surface area contributed by atoms with Gasteiger partial charge in [-0.3, -0.25) is 4.79 Å². The summed E-state index contributed by atoms with van der Waals surface area (Å²) in [6.07, 6.45) is 1.84.